The molecule has 0 bridgehead atoms. The number of halogens is 1. The standard InChI is InChI=1S/C18H21FN2O3S/c19-17-4-6-18(7-5-17)25(22,23)20-13-15-2-1-3-16(12-15)14-21-8-10-24-11-9-21/h1-7,12,20H,8-11,13-14H2. The second-order valence-corrected chi connectivity index (χ2v) is 7.75. The van der Waals surface area contributed by atoms with Gasteiger partial charge in [0.25, 0.3) is 0 Å². The number of morpholine rings is 1. The molecule has 1 saturated heterocycles. The molecular formula is C18H21FN2O3S. The molecule has 1 aliphatic heterocycles. The minimum absolute atomic E-state index is 0.0540. The average Bonchev–Trinajstić information content (AvgIpc) is 2.62. The molecule has 0 amide bonds. The van der Waals surface area contributed by atoms with E-state index in [1.54, 1.807) is 0 Å². The van der Waals surface area contributed by atoms with Gasteiger partial charge in [-0.3, -0.25) is 4.90 Å². The summed E-state index contributed by atoms with van der Waals surface area (Å²) in [6, 6.07) is 12.6. The van der Waals surface area contributed by atoms with E-state index in [1.165, 1.54) is 12.1 Å². The van der Waals surface area contributed by atoms with Gasteiger partial charge in [0, 0.05) is 26.2 Å². The van der Waals surface area contributed by atoms with E-state index in [1.807, 2.05) is 24.3 Å². The highest BCUT2D eigenvalue weighted by molar-refractivity contribution is 7.89. The highest BCUT2D eigenvalue weighted by Crippen LogP contribution is 2.13. The molecule has 2 aromatic rings. The zero-order valence-corrected chi connectivity index (χ0v) is 14.6. The van der Waals surface area contributed by atoms with Crippen LogP contribution in [0.5, 0.6) is 0 Å². The van der Waals surface area contributed by atoms with Crippen LogP contribution in [-0.2, 0) is 27.8 Å². The third-order valence-corrected chi connectivity index (χ3v) is 5.51. The van der Waals surface area contributed by atoms with Crippen molar-refractivity contribution in [2.45, 2.75) is 18.0 Å². The fraction of sp³-hybridized carbons (Fsp3) is 0.333. The molecule has 134 valence electrons. The minimum Gasteiger partial charge on any atom is -0.379 e. The Bertz CT molecular complexity index is 803. The van der Waals surface area contributed by atoms with E-state index in [2.05, 4.69) is 9.62 Å². The second kappa shape index (κ2) is 8.05. The highest BCUT2D eigenvalue weighted by atomic mass is 32.2. The van der Waals surface area contributed by atoms with Crippen molar-refractivity contribution < 1.29 is 17.5 Å². The van der Waals surface area contributed by atoms with E-state index in [-0.39, 0.29) is 11.4 Å². The molecule has 0 spiro atoms. The summed E-state index contributed by atoms with van der Waals surface area (Å²) in [6.45, 7) is 4.32. The molecule has 0 unspecified atom stereocenters. The van der Waals surface area contributed by atoms with Gasteiger partial charge in [0.05, 0.1) is 18.1 Å². The van der Waals surface area contributed by atoms with Crippen molar-refractivity contribution in [1.29, 1.82) is 0 Å². The molecule has 2 aromatic carbocycles. The van der Waals surface area contributed by atoms with Crippen LogP contribution in [0.3, 0.4) is 0 Å². The first-order valence-electron chi connectivity index (χ1n) is 8.16. The predicted octanol–water partition coefficient (Wildman–Crippen LogP) is 2.14. The Labute approximate surface area is 147 Å². The average molecular weight is 364 g/mol. The smallest absolute Gasteiger partial charge is 0.240 e. The summed E-state index contributed by atoms with van der Waals surface area (Å²) in [6.07, 6.45) is 0. The molecule has 1 aliphatic rings. The van der Waals surface area contributed by atoms with Crippen molar-refractivity contribution >= 4 is 10.0 Å². The first-order valence-corrected chi connectivity index (χ1v) is 9.64. The lowest BCUT2D eigenvalue weighted by molar-refractivity contribution is 0.0342. The lowest BCUT2D eigenvalue weighted by atomic mass is 10.1. The number of nitrogens with one attached hydrogen (secondary N) is 1. The maximum absolute atomic E-state index is 12.9. The van der Waals surface area contributed by atoms with Crippen LogP contribution < -0.4 is 4.72 Å². The fourth-order valence-corrected chi connectivity index (χ4v) is 3.75. The summed E-state index contributed by atoms with van der Waals surface area (Å²) in [7, 11) is -3.66. The molecule has 0 saturated carbocycles. The topological polar surface area (TPSA) is 58.6 Å². The molecule has 7 heteroatoms. The highest BCUT2D eigenvalue weighted by Gasteiger charge is 2.14. The van der Waals surface area contributed by atoms with Gasteiger partial charge in [0.15, 0.2) is 0 Å². The molecule has 0 radical (unpaired) electrons. The summed E-state index contributed by atoms with van der Waals surface area (Å²) in [4.78, 5) is 2.36. The van der Waals surface area contributed by atoms with Crippen LogP contribution in [0, 0.1) is 5.82 Å². The van der Waals surface area contributed by atoms with E-state index < -0.39 is 15.8 Å². The van der Waals surface area contributed by atoms with Crippen molar-refractivity contribution in [2.75, 3.05) is 26.3 Å². The van der Waals surface area contributed by atoms with Gasteiger partial charge in [-0.2, -0.15) is 0 Å². The Hall–Kier alpha value is -1.80. The SMILES string of the molecule is O=S(=O)(NCc1cccc(CN2CCOCC2)c1)c1ccc(F)cc1. The van der Waals surface area contributed by atoms with Crippen molar-refractivity contribution in [3.05, 3.63) is 65.5 Å². The Balaban J connectivity index is 1.62. The maximum Gasteiger partial charge on any atom is 0.240 e. The fourth-order valence-electron chi connectivity index (χ4n) is 2.73. The van der Waals surface area contributed by atoms with Crippen molar-refractivity contribution in [2.24, 2.45) is 0 Å². The third kappa shape index (κ3) is 5.09. The Morgan fingerprint density at radius 3 is 2.44 bits per heavy atom. The van der Waals surface area contributed by atoms with E-state index in [4.69, 9.17) is 4.74 Å². The van der Waals surface area contributed by atoms with Gasteiger partial charge in [0.1, 0.15) is 5.82 Å². The maximum atomic E-state index is 12.9. The Morgan fingerprint density at radius 2 is 1.72 bits per heavy atom. The van der Waals surface area contributed by atoms with Crippen LogP contribution in [0.1, 0.15) is 11.1 Å². The van der Waals surface area contributed by atoms with Crippen molar-refractivity contribution in [1.82, 2.24) is 9.62 Å². The van der Waals surface area contributed by atoms with E-state index in [0.717, 1.165) is 56.1 Å². The largest absolute Gasteiger partial charge is 0.379 e. The molecule has 0 aromatic heterocycles. The van der Waals surface area contributed by atoms with Crippen LogP contribution in [0.25, 0.3) is 0 Å². The number of hydrogen-bond acceptors (Lipinski definition) is 4. The minimum atomic E-state index is -3.66. The first-order chi connectivity index (χ1) is 12.0. The van der Waals surface area contributed by atoms with E-state index in [9.17, 15) is 12.8 Å². The predicted molar refractivity (Wildman–Crippen MR) is 93.0 cm³/mol. The summed E-state index contributed by atoms with van der Waals surface area (Å²) in [5.74, 6) is -0.463. The van der Waals surface area contributed by atoms with Gasteiger partial charge in [0.2, 0.25) is 10.0 Å². The molecule has 1 heterocycles. The number of rotatable bonds is 6. The Morgan fingerprint density at radius 1 is 1.04 bits per heavy atom. The Kier molecular flexibility index (Phi) is 5.80. The van der Waals surface area contributed by atoms with Crippen LogP contribution in [0.4, 0.5) is 4.39 Å². The van der Waals surface area contributed by atoms with Crippen LogP contribution in [0.15, 0.2) is 53.4 Å². The monoisotopic (exact) mass is 364 g/mol. The molecule has 0 aliphatic carbocycles. The lowest BCUT2D eigenvalue weighted by Gasteiger charge is -2.26. The molecule has 25 heavy (non-hydrogen) atoms. The molecular weight excluding hydrogens is 343 g/mol. The summed E-state index contributed by atoms with van der Waals surface area (Å²) in [5, 5.41) is 0. The quantitative estimate of drug-likeness (QED) is 0.853. The van der Waals surface area contributed by atoms with Crippen LogP contribution in [-0.4, -0.2) is 39.6 Å². The van der Waals surface area contributed by atoms with Crippen LogP contribution >= 0.6 is 0 Å². The summed E-state index contributed by atoms with van der Waals surface area (Å²) >= 11 is 0. The molecule has 3 rings (SSSR count). The number of sulfonamides is 1. The number of benzene rings is 2. The third-order valence-electron chi connectivity index (χ3n) is 4.09. The van der Waals surface area contributed by atoms with Gasteiger partial charge < -0.3 is 4.74 Å². The van der Waals surface area contributed by atoms with Crippen molar-refractivity contribution in [3.8, 4) is 0 Å². The van der Waals surface area contributed by atoms with Gasteiger partial charge >= 0.3 is 0 Å². The van der Waals surface area contributed by atoms with Gasteiger partial charge in [-0.1, -0.05) is 24.3 Å². The molecule has 5 nitrogen and oxygen atoms in total. The summed E-state index contributed by atoms with van der Waals surface area (Å²) in [5.41, 5.74) is 2.02. The first kappa shape index (κ1) is 18.0. The van der Waals surface area contributed by atoms with E-state index in [0.29, 0.717) is 0 Å². The molecule has 0 atom stereocenters. The van der Waals surface area contributed by atoms with Crippen LogP contribution in [0.2, 0.25) is 0 Å². The number of nitrogens with zero attached hydrogens (tertiary/aromatic N) is 1. The normalized spacial score (nSPS) is 16.0. The van der Waals surface area contributed by atoms with Crippen molar-refractivity contribution in [3.63, 3.8) is 0 Å². The molecule has 1 fully saturated rings. The molecule has 1 N–H and O–H groups in total. The number of hydrogen-bond donors (Lipinski definition) is 1. The van der Waals surface area contributed by atoms with Gasteiger partial charge in [-0.15, -0.1) is 0 Å². The zero-order chi connectivity index (χ0) is 17.7. The summed E-state index contributed by atoms with van der Waals surface area (Å²) < 4.78 is 45.4. The van der Waals surface area contributed by atoms with Gasteiger partial charge in [-0.25, -0.2) is 17.5 Å². The van der Waals surface area contributed by atoms with Gasteiger partial charge in [-0.05, 0) is 35.4 Å². The second-order valence-electron chi connectivity index (χ2n) is 5.99. The zero-order valence-electron chi connectivity index (χ0n) is 13.8. The van der Waals surface area contributed by atoms with E-state index >= 15 is 0 Å². The lowest BCUT2D eigenvalue weighted by Crippen LogP contribution is -2.35. The number of ether oxygens (including phenoxy) is 1.